The highest BCUT2D eigenvalue weighted by Gasteiger charge is 2.47. The van der Waals surface area contributed by atoms with Crippen LogP contribution < -0.4 is 33.2 Å². The molecule has 1 N–H and O–H groups in total. The first-order chi connectivity index (χ1) is 24.0. The third kappa shape index (κ3) is 3.75. The Kier molecular flexibility index (Phi) is 5.99. The smallest absolute Gasteiger partial charge is 0.321 e. The van der Waals surface area contributed by atoms with E-state index in [0.29, 0.717) is 73.1 Å². The number of carbonyl (C=O) groups excluding carboxylic acids is 1. The zero-order valence-corrected chi connectivity index (χ0v) is 27.4. The van der Waals surface area contributed by atoms with Gasteiger partial charge in [0.2, 0.25) is 13.6 Å². The van der Waals surface area contributed by atoms with E-state index in [1.54, 1.807) is 27.4 Å². The zero-order valence-electron chi connectivity index (χ0n) is 27.4. The first-order valence-electron chi connectivity index (χ1n) is 16.6. The van der Waals surface area contributed by atoms with Crippen molar-refractivity contribution in [1.82, 2.24) is 9.80 Å². The van der Waals surface area contributed by atoms with Crippen LogP contribution >= 0.6 is 0 Å². The van der Waals surface area contributed by atoms with E-state index in [0.717, 1.165) is 61.6 Å². The molecule has 10 rings (SSSR count). The predicted octanol–water partition coefficient (Wildman–Crippen LogP) is 5.94. The second-order valence-electron chi connectivity index (χ2n) is 13.2. The van der Waals surface area contributed by atoms with Crippen molar-refractivity contribution in [2.75, 3.05) is 48.0 Å². The number of amides is 2. The summed E-state index contributed by atoms with van der Waals surface area (Å²) in [5.74, 6) is 4.39. The van der Waals surface area contributed by atoms with Gasteiger partial charge in [-0.1, -0.05) is 12.1 Å². The molecule has 4 aromatic rings. The molecular weight excluding hydrogens is 628 g/mol. The first-order valence-corrected chi connectivity index (χ1v) is 16.6. The number of benzene rings is 4. The van der Waals surface area contributed by atoms with Gasteiger partial charge in [-0.05, 0) is 83.3 Å². The largest absolute Gasteiger partial charge is 0.504 e. The average Bonchev–Trinajstić information content (AvgIpc) is 3.81. The Morgan fingerprint density at radius 1 is 0.673 bits per heavy atom. The van der Waals surface area contributed by atoms with Crippen molar-refractivity contribution in [1.29, 1.82) is 0 Å². The molecule has 2 amide bonds. The summed E-state index contributed by atoms with van der Waals surface area (Å²) in [7, 11) is 4.76. The minimum Gasteiger partial charge on any atom is -0.504 e. The van der Waals surface area contributed by atoms with Gasteiger partial charge in [0.15, 0.2) is 46.0 Å². The summed E-state index contributed by atoms with van der Waals surface area (Å²) in [5.41, 5.74) is 9.63. The number of phenols is 1. The Bertz CT molecular complexity index is 2130. The van der Waals surface area contributed by atoms with Gasteiger partial charge in [0.25, 0.3) is 0 Å². The molecule has 0 saturated heterocycles. The fraction of sp³-hybridized carbons (Fsp3) is 0.342. The molecule has 0 saturated carbocycles. The summed E-state index contributed by atoms with van der Waals surface area (Å²) in [5, 5.41) is 11.5. The minimum atomic E-state index is -0.270. The van der Waals surface area contributed by atoms with E-state index in [1.165, 1.54) is 0 Å². The predicted molar refractivity (Wildman–Crippen MR) is 176 cm³/mol. The van der Waals surface area contributed by atoms with Gasteiger partial charge in [-0.3, -0.25) is 0 Å². The van der Waals surface area contributed by atoms with Gasteiger partial charge in [0.1, 0.15) is 0 Å². The van der Waals surface area contributed by atoms with E-state index in [2.05, 4.69) is 12.1 Å². The van der Waals surface area contributed by atoms with Crippen LogP contribution in [0.5, 0.6) is 46.0 Å². The molecule has 11 heteroatoms. The maximum absolute atomic E-state index is 15.1. The molecular formula is C38H34N2O9. The van der Waals surface area contributed by atoms with Crippen molar-refractivity contribution in [2.24, 2.45) is 0 Å². The first kappa shape index (κ1) is 28.6. The van der Waals surface area contributed by atoms with Crippen LogP contribution in [0.1, 0.15) is 45.5 Å². The van der Waals surface area contributed by atoms with E-state index < -0.39 is 0 Å². The molecule has 0 unspecified atom stereocenters. The van der Waals surface area contributed by atoms with Gasteiger partial charge in [-0.15, -0.1) is 0 Å². The maximum Gasteiger partial charge on any atom is 0.321 e. The lowest BCUT2D eigenvalue weighted by Crippen LogP contribution is -2.52. The third-order valence-electron chi connectivity index (χ3n) is 11.1. The molecule has 4 heterocycles. The number of rotatable bonds is 3. The van der Waals surface area contributed by atoms with Crippen LogP contribution in [0.15, 0.2) is 36.4 Å². The highest BCUT2D eigenvalue weighted by molar-refractivity contribution is 5.92. The number of hydrogen-bond donors (Lipinski definition) is 1. The standard InChI is InChI=1S/C38H34N2O9/c1-43-24-6-4-18-12-22-28-20(14-26(44-2)35(45-3)32(28)30(18)34(24)41)8-10-39(22)38(42)40-11-9-21-15-27-37(49-17-47-27)33-29(21)23(40)13-19-5-7-25-36(31(19)33)48-16-46-25/h4-7,14-15,22-23,41H,8-13,16-17H2,1-3H3/t22-,23-/m0/s1. The highest BCUT2D eigenvalue weighted by Crippen LogP contribution is 2.60. The number of methoxy groups -OCH3 is 3. The van der Waals surface area contributed by atoms with Crippen LogP contribution in [-0.2, 0) is 25.7 Å². The Labute approximate surface area is 282 Å². The van der Waals surface area contributed by atoms with Gasteiger partial charge in [-0.2, -0.15) is 0 Å². The Morgan fingerprint density at radius 3 is 1.98 bits per heavy atom. The van der Waals surface area contributed by atoms with Crippen LogP contribution in [0, 0.1) is 0 Å². The molecule has 0 aromatic heterocycles. The van der Waals surface area contributed by atoms with Crippen molar-refractivity contribution in [3.8, 4) is 68.2 Å². The summed E-state index contributed by atoms with van der Waals surface area (Å²) in [6.07, 6.45) is 2.50. The summed E-state index contributed by atoms with van der Waals surface area (Å²) in [6, 6.07) is 11.4. The van der Waals surface area contributed by atoms with Gasteiger partial charge < -0.3 is 48.1 Å². The highest BCUT2D eigenvalue weighted by atomic mass is 16.7. The number of aromatic hydroxyl groups is 1. The Balaban J connectivity index is 1.10. The average molecular weight is 663 g/mol. The fourth-order valence-electron chi connectivity index (χ4n) is 9.10. The van der Waals surface area contributed by atoms with Gasteiger partial charge in [0.05, 0.1) is 33.4 Å². The van der Waals surface area contributed by atoms with Crippen LogP contribution in [0.25, 0.3) is 22.3 Å². The number of hydrogen-bond acceptors (Lipinski definition) is 9. The molecule has 11 nitrogen and oxygen atoms in total. The monoisotopic (exact) mass is 662 g/mol. The van der Waals surface area contributed by atoms with Crippen LogP contribution in [0.4, 0.5) is 4.79 Å². The van der Waals surface area contributed by atoms with E-state index >= 15 is 4.79 Å². The van der Waals surface area contributed by atoms with Crippen molar-refractivity contribution < 1.29 is 43.1 Å². The normalized spacial score (nSPS) is 19.8. The lowest BCUT2D eigenvalue weighted by Gasteiger charge is -2.47. The number of carbonyl (C=O) groups is 1. The lowest BCUT2D eigenvalue weighted by atomic mass is 9.75. The van der Waals surface area contributed by atoms with E-state index in [-0.39, 0.29) is 37.5 Å². The zero-order chi connectivity index (χ0) is 33.1. The number of urea groups is 1. The molecule has 4 aromatic carbocycles. The van der Waals surface area contributed by atoms with Gasteiger partial charge in [-0.25, -0.2) is 4.79 Å². The molecule has 2 atom stereocenters. The quantitative estimate of drug-likeness (QED) is 0.285. The van der Waals surface area contributed by atoms with Crippen LogP contribution in [-0.4, -0.2) is 68.9 Å². The topological polar surface area (TPSA) is 108 Å². The second-order valence-corrected chi connectivity index (χ2v) is 13.2. The summed E-state index contributed by atoms with van der Waals surface area (Å²) in [4.78, 5) is 19.2. The number of phenolic OH excluding ortho intramolecular Hbond substituents is 1. The van der Waals surface area contributed by atoms with Crippen molar-refractivity contribution in [3.63, 3.8) is 0 Å². The van der Waals surface area contributed by atoms with E-state index in [9.17, 15) is 5.11 Å². The van der Waals surface area contributed by atoms with Crippen molar-refractivity contribution in [3.05, 3.63) is 69.8 Å². The summed E-state index contributed by atoms with van der Waals surface area (Å²) < 4.78 is 41.1. The minimum absolute atomic E-state index is 0.0129. The molecule has 2 aliphatic carbocycles. The van der Waals surface area contributed by atoms with Gasteiger partial charge >= 0.3 is 6.03 Å². The van der Waals surface area contributed by atoms with Crippen LogP contribution in [0.3, 0.4) is 0 Å². The molecule has 0 radical (unpaired) electrons. The van der Waals surface area contributed by atoms with Crippen molar-refractivity contribution >= 4 is 6.03 Å². The van der Waals surface area contributed by atoms with Crippen molar-refractivity contribution in [2.45, 2.75) is 37.8 Å². The van der Waals surface area contributed by atoms with Crippen LogP contribution in [0.2, 0.25) is 0 Å². The fourth-order valence-corrected chi connectivity index (χ4v) is 9.10. The number of nitrogens with zero attached hydrogens (tertiary/aromatic N) is 2. The Hall–Kier alpha value is -5.45. The SMILES string of the molecule is COc1ccc2c(c1O)-c1c(OC)c(OC)cc3c1[C@H](C2)N(C(=O)N1CCc2cc4c(c5c2[C@@H]1Cc1ccc2c(c1-5)OCO2)OCO4)CC3. The number of ether oxygens (including phenoxy) is 7. The molecule has 0 bridgehead atoms. The molecule has 0 fully saturated rings. The Morgan fingerprint density at radius 2 is 1.29 bits per heavy atom. The molecule has 250 valence electrons. The maximum atomic E-state index is 15.1. The lowest BCUT2D eigenvalue weighted by molar-refractivity contribution is 0.106. The summed E-state index contributed by atoms with van der Waals surface area (Å²) >= 11 is 0. The molecule has 0 spiro atoms. The molecule has 4 aliphatic heterocycles. The molecule has 49 heavy (non-hydrogen) atoms. The third-order valence-corrected chi connectivity index (χ3v) is 11.1. The summed E-state index contributed by atoms with van der Waals surface area (Å²) in [6.45, 7) is 1.42. The van der Waals surface area contributed by atoms with E-state index in [4.69, 9.17) is 33.2 Å². The number of fused-ring (bicyclic) bond motifs is 8. The second kappa shape index (κ2) is 10.3. The van der Waals surface area contributed by atoms with Gasteiger partial charge in [0, 0.05) is 35.3 Å². The molecule has 6 aliphatic rings. The van der Waals surface area contributed by atoms with E-state index in [1.807, 2.05) is 28.0 Å².